The Kier molecular flexibility index (Phi) is 5.22. The Morgan fingerprint density at radius 3 is 2.31 bits per heavy atom. The fourth-order valence-corrected chi connectivity index (χ4v) is 2.19. The van der Waals surface area contributed by atoms with Gasteiger partial charge in [-0.15, -0.1) is 0 Å². The van der Waals surface area contributed by atoms with Crippen molar-refractivity contribution in [3.63, 3.8) is 0 Å². The first-order valence-corrected chi connectivity index (χ1v) is 6.46. The summed E-state index contributed by atoms with van der Waals surface area (Å²) in [6.45, 7) is 10.1. The van der Waals surface area contributed by atoms with E-state index in [1.807, 2.05) is 0 Å². The number of rotatable bonds is 8. The lowest BCUT2D eigenvalue weighted by Gasteiger charge is -2.35. The summed E-state index contributed by atoms with van der Waals surface area (Å²) in [5, 5.41) is 13.2. The van der Waals surface area contributed by atoms with Gasteiger partial charge in [-0.2, -0.15) is 0 Å². The quantitative estimate of drug-likeness (QED) is 0.667. The molecule has 0 heterocycles. The van der Waals surface area contributed by atoms with Gasteiger partial charge in [0.2, 0.25) is 0 Å². The molecule has 96 valence electrons. The third-order valence-corrected chi connectivity index (χ3v) is 3.03. The average Bonchev–Trinajstić information content (AvgIpc) is 2.98. The molecule has 1 unspecified atom stereocenters. The molecule has 1 fully saturated rings. The lowest BCUT2D eigenvalue weighted by Crippen LogP contribution is -2.56. The van der Waals surface area contributed by atoms with Crippen molar-refractivity contribution < 1.29 is 9.84 Å². The molecule has 0 aliphatic heterocycles. The maximum atomic E-state index is 9.66. The van der Waals surface area contributed by atoms with Crippen LogP contribution in [0.15, 0.2) is 0 Å². The summed E-state index contributed by atoms with van der Waals surface area (Å²) in [5.74, 6) is 1.14. The van der Waals surface area contributed by atoms with Crippen molar-refractivity contribution in [3.05, 3.63) is 0 Å². The van der Waals surface area contributed by atoms with Crippen LogP contribution >= 0.6 is 0 Å². The van der Waals surface area contributed by atoms with Crippen molar-refractivity contribution >= 4 is 0 Å². The monoisotopic (exact) mass is 229 g/mol. The van der Waals surface area contributed by atoms with E-state index in [9.17, 15) is 5.11 Å². The van der Waals surface area contributed by atoms with E-state index < -0.39 is 0 Å². The van der Waals surface area contributed by atoms with Gasteiger partial charge in [-0.3, -0.25) is 0 Å². The fraction of sp³-hybridized carbons (Fsp3) is 1.00. The van der Waals surface area contributed by atoms with Gasteiger partial charge in [-0.05, 0) is 24.7 Å². The first-order chi connectivity index (χ1) is 7.50. The highest BCUT2D eigenvalue weighted by Crippen LogP contribution is 2.40. The van der Waals surface area contributed by atoms with Crippen molar-refractivity contribution in [2.24, 2.45) is 11.8 Å². The van der Waals surface area contributed by atoms with Crippen molar-refractivity contribution in [1.82, 2.24) is 5.32 Å². The largest absolute Gasteiger partial charge is 0.394 e. The number of aliphatic hydroxyl groups excluding tert-OH is 1. The van der Waals surface area contributed by atoms with Crippen LogP contribution < -0.4 is 5.32 Å². The van der Waals surface area contributed by atoms with Crippen LogP contribution in [-0.2, 0) is 4.74 Å². The second kappa shape index (κ2) is 5.99. The highest BCUT2D eigenvalue weighted by molar-refractivity contribution is 5.01. The van der Waals surface area contributed by atoms with Gasteiger partial charge < -0.3 is 15.2 Å². The standard InChI is InChI=1S/C13H27NO2/c1-10(2)7-16-9-13(8-15,12-5-6-12)14-11(3)4/h10-12,14-15H,5-9H2,1-4H3. The normalized spacial score (nSPS) is 20.4. The number of nitrogens with one attached hydrogen (secondary N) is 1. The second-order valence-corrected chi connectivity index (χ2v) is 5.80. The summed E-state index contributed by atoms with van der Waals surface area (Å²) < 4.78 is 5.73. The molecule has 1 aliphatic carbocycles. The van der Waals surface area contributed by atoms with Gasteiger partial charge in [0.05, 0.1) is 18.8 Å². The number of hydrogen-bond donors (Lipinski definition) is 2. The molecular formula is C13H27NO2. The average molecular weight is 229 g/mol. The summed E-state index contributed by atoms with van der Waals surface area (Å²) in [6, 6.07) is 0.385. The molecule has 1 atom stereocenters. The Morgan fingerprint density at radius 1 is 1.31 bits per heavy atom. The highest BCUT2D eigenvalue weighted by Gasteiger charge is 2.45. The maximum absolute atomic E-state index is 9.66. The molecule has 0 aromatic carbocycles. The van der Waals surface area contributed by atoms with E-state index in [-0.39, 0.29) is 12.1 Å². The smallest absolute Gasteiger partial charge is 0.0681 e. The molecule has 1 rings (SSSR count). The number of aliphatic hydroxyl groups is 1. The predicted molar refractivity (Wildman–Crippen MR) is 66.5 cm³/mol. The van der Waals surface area contributed by atoms with E-state index in [0.717, 1.165) is 6.61 Å². The van der Waals surface area contributed by atoms with Crippen LogP contribution in [0.5, 0.6) is 0 Å². The molecule has 0 aromatic heterocycles. The molecule has 1 aliphatic rings. The van der Waals surface area contributed by atoms with Crippen molar-refractivity contribution in [1.29, 1.82) is 0 Å². The lowest BCUT2D eigenvalue weighted by atomic mass is 9.94. The highest BCUT2D eigenvalue weighted by atomic mass is 16.5. The van der Waals surface area contributed by atoms with Gasteiger partial charge >= 0.3 is 0 Å². The summed E-state index contributed by atoms with van der Waals surface area (Å²) >= 11 is 0. The van der Waals surface area contributed by atoms with Crippen molar-refractivity contribution in [2.45, 2.75) is 52.1 Å². The second-order valence-electron chi connectivity index (χ2n) is 5.80. The van der Waals surface area contributed by atoms with Gasteiger partial charge in [0.1, 0.15) is 0 Å². The molecule has 0 saturated heterocycles. The third kappa shape index (κ3) is 4.04. The fourth-order valence-electron chi connectivity index (χ4n) is 2.19. The summed E-state index contributed by atoms with van der Waals surface area (Å²) in [6.07, 6.45) is 2.43. The van der Waals surface area contributed by atoms with Crippen LogP contribution in [-0.4, -0.2) is 36.5 Å². The van der Waals surface area contributed by atoms with Gasteiger partial charge in [0.15, 0.2) is 0 Å². The number of hydrogen-bond acceptors (Lipinski definition) is 3. The van der Waals surface area contributed by atoms with Crippen LogP contribution in [0, 0.1) is 11.8 Å². The minimum Gasteiger partial charge on any atom is -0.394 e. The van der Waals surface area contributed by atoms with Gasteiger partial charge in [0, 0.05) is 12.6 Å². The number of ether oxygens (including phenoxy) is 1. The Bertz CT molecular complexity index is 202. The first-order valence-electron chi connectivity index (χ1n) is 6.46. The molecule has 3 nitrogen and oxygen atoms in total. The van der Waals surface area contributed by atoms with E-state index in [4.69, 9.17) is 4.74 Å². The van der Waals surface area contributed by atoms with E-state index >= 15 is 0 Å². The SMILES string of the molecule is CC(C)COCC(CO)(NC(C)C)C1CC1. The molecule has 0 radical (unpaired) electrons. The topological polar surface area (TPSA) is 41.5 Å². The lowest BCUT2D eigenvalue weighted by molar-refractivity contribution is 0.00991. The van der Waals surface area contributed by atoms with Crippen LogP contribution in [0.25, 0.3) is 0 Å². The van der Waals surface area contributed by atoms with Crippen LogP contribution in [0.3, 0.4) is 0 Å². The first kappa shape index (κ1) is 13.9. The van der Waals surface area contributed by atoms with E-state index in [2.05, 4.69) is 33.0 Å². The van der Waals surface area contributed by atoms with E-state index in [1.165, 1.54) is 12.8 Å². The minimum absolute atomic E-state index is 0.175. The molecule has 0 amide bonds. The van der Waals surface area contributed by atoms with Crippen LogP contribution in [0.2, 0.25) is 0 Å². The molecule has 0 aromatic rings. The summed E-state index contributed by atoms with van der Waals surface area (Å²) in [7, 11) is 0. The zero-order valence-corrected chi connectivity index (χ0v) is 11.1. The Labute approximate surface area is 99.6 Å². The Balaban J connectivity index is 2.48. The van der Waals surface area contributed by atoms with Gasteiger partial charge in [-0.1, -0.05) is 27.7 Å². The zero-order valence-electron chi connectivity index (χ0n) is 11.1. The molecule has 2 N–H and O–H groups in total. The van der Waals surface area contributed by atoms with E-state index in [0.29, 0.717) is 24.5 Å². The van der Waals surface area contributed by atoms with Crippen LogP contribution in [0.1, 0.15) is 40.5 Å². The molecule has 3 heteroatoms. The maximum Gasteiger partial charge on any atom is 0.0681 e. The summed E-state index contributed by atoms with van der Waals surface area (Å²) in [4.78, 5) is 0. The molecule has 0 bridgehead atoms. The van der Waals surface area contributed by atoms with Crippen molar-refractivity contribution in [3.8, 4) is 0 Å². The molecule has 0 spiro atoms. The predicted octanol–water partition coefficient (Wildman–Crippen LogP) is 1.80. The third-order valence-electron chi connectivity index (χ3n) is 3.03. The minimum atomic E-state index is -0.205. The zero-order chi connectivity index (χ0) is 12.2. The Hall–Kier alpha value is -0.120. The van der Waals surface area contributed by atoms with Crippen LogP contribution in [0.4, 0.5) is 0 Å². The molecular weight excluding hydrogens is 202 g/mol. The van der Waals surface area contributed by atoms with E-state index in [1.54, 1.807) is 0 Å². The van der Waals surface area contributed by atoms with Crippen molar-refractivity contribution in [2.75, 3.05) is 19.8 Å². The van der Waals surface area contributed by atoms with Gasteiger partial charge in [0.25, 0.3) is 0 Å². The molecule has 16 heavy (non-hydrogen) atoms. The van der Waals surface area contributed by atoms with Gasteiger partial charge in [-0.25, -0.2) is 0 Å². The summed E-state index contributed by atoms with van der Waals surface area (Å²) in [5.41, 5.74) is -0.205. The molecule has 1 saturated carbocycles. The Morgan fingerprint density at radius 2 is 1.94 bits per heavy atom.